The summed E-state index contributed by atoms with van der Waals surface area (Å²) in [7, 11) is 0. The average molecular weight is 209 g/mol. The van der Waals surface area contributed by atoms with Crippen LogP contribution >= 0.6 is 0 Å². The van der Waals surface area contributed by atoms with Gasteiger partial charge in [-0.25, -0.2) is 4.79 Å². The summed E-state index contributed by atoms with van der Waals surface area (Å²) in [5.41, 5.74) is 0. The largest absolute Gasteiger partial charge is 0.322 e. The number of carbonyl (C=O) groups excluding carboxylic acids is 1. The minimum Gasteiger partial charge on any atom is -0.322 e. The molecule has 3 aliphatic rings. The van der Waals surface area contributed by atoms with Crippen molar-refractivity contribution in [2.24, 2.45) is 0 Å². The fourth-order valence-corrected chi connectivity index (χ4v) is 2.34. The van der Waals surface area contributed by atoms with Crippen LogP contribution in [0.4, 0.5) is 4.79 Å². The van der Waals surface area contributed by atoms with Crippen LogP contribution < -0.4 is 5.32 Å². The maximum Gasteiger partial charge on any atom is 0.320 e. The molecule has 15 heavy (non-hydrogen) atoms. The Balaban J connectivity index is 1.64. The zero-order chi connectivity index (χ0) is 10.3. The topological polar surface area (TPSA) is 35.6 Å². The van der Waals surface area contributed by atoms with Gasteiger partial charge in [0, 0.05) is 38.3 Å². The number of hydrogen-bond donors (Lipinski definition) is 1. The quantitative estimate of drug-likeness (QED) is 0.724. The smallest absolute Gasteiger partial charge is 0.320 e. The fraction of sp³-hybridized carbons (Fsp3) is 0.909. The van der Waals surface area contributed by atoms with Crippen molar-refractivity contribution < 1.29 is 4.79 Å². The standard InChI is InChI=1S/C11H19N3O/c15-11(13-7-5-12-6-8-13)14(9-1-2-9)10-3-4-10/h9-10,12H,1-8H2. The molecule has 0 aromatic rings. The summed E-state index contributed by atoms with van der Waals surface area (Å²) < 4.78 is 0. The Morgan fingerprint density at radius 3 is 2.07 bits per heavy atom. The summed E-state index contributed by atoms with van der Waals surface area (Å²) in [6.45, 7) is 3.67. The summed E-state index contributed by atoms with van der Waals surface area (Å²) in [6, 6.07) is 1.47. The second-order valence-electron chi connectivity index (χ2n) is 4.89. The van der Waals surface area contributed by atoms with Crippen LogP contribution in [0.1, 0.15) is 25.7 Å². The van der Waals surface area contributed by atoms with E-state index >= 15 is 0 Å². The van der Waals surface area contributed by atoms with Crippen molar-refractivity contribution in [1.82, 2.24) is 15.1 Å². The van der Waals surface area contributed by atoms with Crippen LogP contribution in [-0.2, 0) is 0 Å². The van der Waals surface area contributed by atoms with Crippen molar-refractivity contribution in [2.75, 3.05) is 26.2 Å². The van der Waals surface area contributed by atoms with Gasteiger partial charge in [-0.15, -0.1) is 0 Å². The molecule has 1 N–H and O–H groups in total. The van der Waals surface area contributed by atoms with Crippen LogP contribution in [0.5, 0.6) is 0 Å². The molecule has 0 unspecified atom stereocenters. The van der Waals surface area contributed by atoms with Crippen molar-refractivity contribution in [2.45, 2.75) is 37.8 Å². The molecule has 2 aliphatic carbocycles. The van der Waals surface area contributed by atoms with Crippen LogP contribution in [0.15, 0.2) is 0 Å². The molecular weight excluding hydrogens is 190 g/mol. The third kappa shape index (κ3) is 1.95. The third-order valence-corrected chi connectivity index (χ3v) is 3.49. The summed E-state index contributed by atoms with van der Waals surface area (Å²) in [5, 5.41) is 3.29. The Labute approximate surface area is 90.6 Å². The van der Waals surface area contributed by atoms with Gasteiger partial charge in [0.05, 0.1) is 0 Å². The van der Waals surface area contributed by atoms with Gasteiger partial charge in [0.1, 0.15) is 0 Å². The summed E-state index contributed by atoms with van der Waals surface area (Å²) in [4.78, 5) is 16.5. The van der Waals surface area contributed by atoms with Crippen LogP contribution in [0.2, 0.25) is 0 Å². The van der Waals surface area contributed by atoms with Crippen LogP contribution in [0.3, 0.4) is 0 Å². The van der Waals surface area contributed by atoms with E-state index in [2.05, 4.69) is 10.2 Å². The van der Waals surface area contributed by atoms with Gasteiger partial charge in [0.25, 0.3) is 0 Å². The van der Waals surface area contributed by atoms with E-state index in [1.165, 1.54) is 25.7 Å². The lowest BCUT2D eigenvalue weighted by Crippen LogP contribution is -2.52. The van der Waals surface area contributed by atoms with E-state index in [0.29, 0.717) is 18.1 Å². The molecule has 0 atom stereocenters. The fourth-order valence-electron chi connectivity index (χ4n) is 2.34. The van der Waals surface area contributed by atoms with E-state index in [1.807, 2.05) is 4.90 Å². The minimum absolute atomic E-state index is 0.307. The second-order valence-corrected chi connectivity index (χ2v) is 4.89. The van der Waals surface area contributed by atoms with Gasteiger partial charge in [0.2, 0.25) is 0 Å². The number of piperazine rings is 1. The zero-order valence-corrected chi connectivity index (χ0v) is 9.11. The highest BCUT2D eigenvalue weighted by atomic mass is 16.2. The van der Waals surface area contributed by atoms with Gasteiger partial charge >= 0.3 is 6.03 Å². The Morgan fingerprint density at radius 1 is 1.07 bits per heavy atom. The molecule has 0 aromatic carbocycles. The first-order valence-corrected chi connectivity index (χ1v) is 6.14. The third-order valence-electron chi connectivity index (χ3n) is 3.49. The normalized spacial score (nSPS) is 26.5. The van der Waals surface area contributed by atoms with E-state index < -0.39 is 0 Å². The first-order chi connectivity index (χ1) is 7.36. The summed E-state index contributed by atoms with van der Waals surface area (Å²) in [6.07, 6.45) is 4.92. The van der Waals surface area contributed by atoms with E-state index in [-0.39, 0.29) is 0 Å². The van der Waals surface area contributed by atoms with E-state index in [1.54, 1.807) is 0 Å². The predicted molar refractivity (Wildman–Crippen MR) is 57.7 cm³/mol. The van der Waals surface area contributed by atoms with Gasteiger partial charge in [-0.05, 0) is 25.7 Å². The lowest BCUT2D eigenvalue weighted by Gasteiger charge is -2.33. The molecule has 84 valence electrons. The Morgan fingerprint density at radius 2 is 1.60 bits per heavy atom. The molecule has 0 aromatic heterocycles. The van der Waals surface area contributed by atoms with Gasteiger partial charge in [-0.1, -0.05) is 0 Å². The lowest BCUT2D eigenvalue weighted by molar-refractivity contribution is 0.141. The SMILES string of the molecule is O=C(N1CCNCC1)N(C1CC1)C1CC1. The van der Waals surface area contributed by atoms with E-state index in [0.717, 1.165) is 26.2 Å². The van der Waals surface area contributed by atoms with Gasteiger partial charge in [-0.3, -0.25) is 0 Å². The predicted octanol–water partition coefficient (Wildman–Crippen LogP) is 0.638. The first kappa shape index (κ1) is 9.46. The Kier molecular flexibility index (Phi) is 2.31. The molecule has 0 bridgehead atoms. The molecule has 1 saturated heterocycles. The van der Waals surface area contributed by atoms with Gasteiger partial charge < -0.3 is 15.1 Å². The van der Waals surface area contributed by atoms with Crippen molar-refractivity contribution in [3.8, 4) is 0 Å². The molecule has 2 amide bonds. The van der Waals surface area contributed by atoms with Crippen molar-refractivity contribution in [3.05, 3.63) is 0 Å². The Hall–Kier alpha value is -0.770. The molecule has 1 aliphatic heterocycles. The van der Waals surface area contributed by atoms with Crippen LogP contribution in [0.25, 0.3) is 0 Å². The first-order valence-electron chi connectivity index (χ1n) is 6.14. The number of amides is 2. The Bertz CT molecular complexity index is 243. The van der Waals surface area contributed by atoms with Gasteiger partial charge in [0.15, 0.2) is 0 Å². The average Bonchev–Trinajstić information content (AvgIpc) is 3.14. The van der Waals surface area contributed by atoms with E-state index in [9.17, 15) is 4.79 Å². The van der Waals surface area contributed by atoms with Gasteiger partial charge in [-0.2, -0.15) is 0 Å². The molecule has 4 heteroatoms. The second kappa shape index (κ2) is 3.67. The summed E-state index contributed by atoms with van der Waals surface area (Å²) in [5.74, 6) is 0. The van der Waals surface area contributed by atoms with Crippen LogP contribution in [-0.4, -0.2) is 54.1 Å². The van der Waals surface area contributed by atoms with Crippen molar-refractivity contribution in [3.63, 3.8) is 0 Å². The molecule has 1 heterocycles. The minimum atomic E-state index is 0.307. The molecule has 0 radical (unpaired) electrons. The lowest BCUT2D eigenvalue weighted by atomic mass is 10.3. The molecule has 2 saturated carbocycles. The summed E-state index contributed by atoms with van der Waals surface area (Å²) >= 11 is 0. The maximum absolute atomic E-state index is 12.3. The number of hydrogen-bond acceptors (Lipinski definition) is 2. The number of nitrogens with zero attached hydrogens (tertiary/aromatic N) is 2. The zero-order valence-electron chi connectivity index (χ0n) is 9.11. The monoisotopic (exact) mass is 209 g/mol. The van der Waals surface area contributed by atoms with Crippen molar-refractivity contribution in [1.29, 1.82) is 0 Å². The molecule has 3 rings (SSSR count). The highest BCUT2D eigenvalue weighted by molar-refractivity contribution is 5.76. The number of urea groups is 1. The molecular formula is C11H19N3O. The highest BCUT2D eigenvalue weighted by Gasteiger charge is 2.43. The number of carbonyl (C=O) groups is 1. The highest BCUT2D eigenvalue weighted by Crippen LogP contribution is 2.37. The van der Waals surface area contributed by atoms with E-state index in [4.69, 9.17) is 0 Å². The molecule has 0 spiro atoms. The molecule has 4 nitrogen and oxygen atoms in total. The molecule has 3 fully saturated rings. The number of rotatable bonds is 2. The van der Waals surface area contributed by atoms with Crippen LogP contribution in [0, 0.1) is 0 Å². The number of nitrogens with one attached hydrogen (secondary N) is 1. The maximum atomic E-state index is 12.3. The van der Waals surface area contributed by atoms with Crippen molar-refractivity contribution >= 4 is 6.03 Å².